The highest BCUT2D eigenvalue weighted by molar-refractivity contribution is 5.71. The summed E-state index contributed by atoms with van der Waals surface area (Å²) in [5, 5.41) is 0. The van der Waals surface area contributed by atoms with Crippen molar-refractivity contribution in [1.82, 2.24) is 9.80 Å². The molecule has 172 valence electrons. The van der Waals surface area contributed by atoms with Crippen molar-refractivity contribution in [3.05, 3.63) is 58.1 Å². The molecule has 4 nitrogen and oxygen atoms in total. The van der Waals surface area contributed by atoms with Gasteiger partial charge in [0.05, 0.1) is 6.04 Å². The maximum Gasteiger partial charge on any atom is 0.128 e. The Morgan fingerprint density at radius 3 is 2.16 bits per heavy atom. The van der Waals surface area contributed by atoms with E-state index in [2.05, 4.69) is 79.7 Å². The Kier molecular flexibility index (Phi) is 5.71. The van der Waals surface area contributed by atoms with Crippen LogP contribution >= 0.6 is 0 Å². The number of likely N-dealkylation sites (tertiary alicyclic amines) is 1. The Hall–Kier alpha value is -2.04. The SMILES string of the molecule is Cc1c(C)c(N2CCN(Cc3ccccc3)CC2)c(C)c2c1OC(C)(C)C2N1CCCC1. The van der Waals surface area contributed by atoms with Crippen molar-refractivity contribution in [2.45, 2.75) is 65.6 Å². The summed E-state index contributed by atoms with van der Waals surface area (Å²) in [4.78, 5) is 7.91. The molecule has 2 fully saturated rings. The second-order valence-electron chi connectivity index (χ2n) is 10.6. The number of ether oxygens (including phenoxy) is 1. The molecule has 3 heterocycles. The lowest BCUT2D eigenvalue weighted by Gasteiger charge is -2.39. The number of hydrogen-bond donors (Lipinski definition) is 0. The van der Waals surface area contributed by atoms with E-state index in [1.165, 1.54) is 59.4 Å². The summed E-state index contributed by atoms with van der Waals surface area (Å²) in [6.07, 6.45) is 2.62. The first kappa shape index (κ1) is 21.8. The van der Waals surface area contributed by atoms with Crippen LogP contribution in [-0.2, 0) is 6.54 Å². The Balaban J connectivity index is 1.42. The zero-order valence-corrected chi connectivity index (χ0v) is 20.6. The molecule has 3 aliphatic rings. The van der Waals surface area contributed by atoms with Crippen LogP contribution < -0.4 is 9.64 Å². The minimum absolute atomic E-state index is 0.179. The molecule has 3 aliphatic heterocycles. The fourth-order valence-corrected chi connectivity index (χ4v) is 6.32. The van der Waals surface area contributed by atoms with Crippen molar-refractivity contribution in [3.63, 3.8) is 0 Å². The Labute approximate surface area is 194 Å². The van der Waals surface area contributed by atoms with Crippen LogP contribution in [-0.4, -0.2) is 54.7 Å². The van der Waals surface area contributed by atoms with E-state index in [1.54, 1.807) is 0 Å². The first-order valence-electron chi connectivity index (χ1n) is 12.4. The highest BCUT2D eigenvalue weighted by Crippen LogP contribution is 2.53. The summed E-state index contributed by atoms with van der Waals surface area (Å²) >= 11 is 0. The van der Waals surface area contributed by atoms with Crippen LogP contribution in [0.4, 0.5) is 5.69 Å². The molecule has 0 saturated carbocycles. The molecule has 2 aromatic rings. The second-order valence-corrected chi connectivity index (χ2v) is 10.6. The topological polar surface area (TPSA) is 19.0 Å². The normalized spacial score (nSPS) is 23.4. The van der Waals surface area contributed by atoms with Crippen LogP contribution in [0.5, 0.6) is 5.75 Å². The monoisotopic (exact) mass is 433 g/mol. The van der Waals surface area contributed by atoms with Gasteiger partial charge in [-0.2, -0.15) is 0 Å². The fraction of sp³-hybridized carbons (Fsp3) is 0.571. The van der Waals surface area contributed by atoms with Crippen LogP contribution in [0.1, 0.15) is 60.5 Å². The van der Waals surface area contributed by atoms with E-state index >= 15 is 0 Å². The summed E-state index contributed by atoms with van der Waals surface area (Å²) in [6, 6.07) is 11.2. The van der Waals surface area contributed by atoms with Crippen LogP contribution in [0.3, 0.4) is 0 Å². The number of nitrogens with zero attached hydrogens (tertiary/aromatic N) is 3. The first-order chi connectivity index (χ1) is 15.4. The highest BCUT2D eigenvalue weighted by atomic mass is 16.5. The van der Waals surface area contributed by atoms with Gasteiger partial charge in [0.15, 0.2) is 0 Å². The van der Waals surface area contributed by atoms with Crippen molar-refractivity contribution in [3.8, 4) is 5.75 Å². The van der Waals surface area contributed by atoms with Gasteiger partial charge < -0.3 is 9.64 Å². The Morgan fingerprint density at radius 2 is 1.50 bits per heavy atom. The van der Waals surface area contributed by atoms with Crippen molar-refractivity contribution in [2.24, 2.45) is 0 Å². The predicted molar refractivity (Wildman–Crippen MR) is 133 cm³/mol. The second kappa shape index (κ2) is 8.39. The molecule has 0 aromatic heterocycles. The van der Waals surface area contributed by atoms with Gasteiger partial charge in [-0.05, 0) is 82.8 Å². The summed E-state index contributed by atoms with van der Waals surface area (Å²) in [5.74, 6) is 1.16. The molecule has 2 aromatic carbocycles. The van der Waals surface area contributed by atoms with Crippen molar-refractivity contribution in [1.29, 1.82) is 0 Å². The van der Waals surface area contributed by atoms with Crippen LogP contribution in [0.2, 0.25) is 0 Å². The van der Waals surface area contributed by atoms with Gasteiger partial charge >= 0.3 is 0 Å². The summed E-state index contributed by atoms with van der Waals surface area (Å²) in [6.45, 7) is 19.3. The molecular formula is C28H39N3O. The van der Waals surface area contributed by atoms with Gasteiger partial charge in [0.2, 0.25) is 0 Å². The molecule has 32 heavy (non-hydrogen) atoms. The minimum Gasteiger partial charge on any atom is -0.485 e. The molecule has 0 bridgehead atoms. The molecule has 0 radical (unpaired) electrons. The lowest BCUT2D eigenvalue weighted by atomic mass is 9.87. The lowest BCUT2D eigenvalue weighted by Crippen LogP contribution is -2.46. The van der Waals surface area contributed by atoms with Gasteiger partial charge in [-0.3, -0.25) is 9.80 Å². The van der Waals surface area contributed by atoms with E-state index in [1.807, 2.05) is 0 Å². The standard InChI is InChI=1S/C28H39N3O/c1-20-21(2)26-24(27(28(4,5)32-26)31-13-9-10-14-31)22(3)25(20)30-17-15-29(16-18-30)19-23-11-7-6-8-12-23/h6-8,11-12,27H,9-10,13-19H2,1-5H3. The maximum atomic E-state index is 6.67. The van der Waals surface area contributed by atoms with Crippen molar-refractivity contribution >= 4 is 5.69 Å². The number of fused-ring (bicyclic) bond motifs is 1. The summed E-state index contributed by atoms with van der Waals surface area (Å²) in [7, 11) is 0. The number of benzene rings is 2. The maximum absolute atomic E-state index is 6.67. The largest absolute Gasteiger partial charge is 0.485 e. The average molecular weight is 434 g/mol. The zero-order valence-electron chi connectivity index (χ0n) is 20.6. The van der Waals surface area contributed by atoms with Gasteiger partial charge in [-0.15, -0.1) is 0 Å². The predicted octanol–water partition coefficient (Wildman–Crippen LogP) is 5.24. The fourth-order valence-electron chi connectivity index (χ4n) is 6.32. The third kappa shape index (κ3) is 3.72. The third-order valence-electron chi connectivity index (χ3n) is 8.00. The third-order valence-corrected chi connectivity index (χ3v) is 8.00. The molecule has 0 aliphatic carbocycles. The van der Waals surface area contributed by atoms with Gasteiger partial charge in [0, 0.05) is 44.0 Å². The van der Waals surface area contributed by atoms with Gasteiger partial charge in [-0.1, -0.05) is 30.3 Å². The quantitative estimate of drug-likeness (QED) is 0.656. The summed E-state index contributed by atoms with van der Waals surface area (Å²) in [5.41, 5.74) is 8.34. The molecular weight excluding hydrogens is 394 g/mol. The molecule has 0 N–H and O–H groups in total. The number of piperazine rings is 1. The molecule has 0 spiro atoms. The number of rotatable bonds is 4. The lowest BCUT2D eigenvalue weighted by molar-refractivity contribution is 0.0396. The van der Waals surface area contributed by atoms with Crippen molar-refractivity contribution < 1.29 is 4.74 Å². The van der Waals surface area contributed by atoms with Crippen LogP contribution in [0.25, 0.3) is 0 Å². The number of hydrogen-bond acceptors (Lipinski definition) is 4. The van der Waals surface area contributed by atoms with E-state index in [0.29, 0.717) is 6.04 Å². The van der Waals surface area contributed by atoms with Crippen molar-refractivity contribution in [2.75, 3.05) is 44.2 Å². The average Bonchev–Trinajstić information content (AvgIpc) is 3.39. The molecule has 2 saturated heterocycles. The Bertz CT molecular complexity index is 970. The van der Waals surface area contributed by atoms with Crippen LogP contribution in [0, 0.1) is 20.8 Å². The van der Waals surface area contributed by atoms with Crippen LogP contribution in [0.15, 0.2) is 30.3 Å². The van der Waals surface area contributed by atoms with E-state index in [-0.39, 0.29) is 5.60 Å². The zero-order chi connectivity index (χ0) is 22.5. The first-order valence-corrected chi connectivity index (χ1v) is 12.4. The molecule has 4 heteroatoms. The van der Waals surface area contributed by atoms with E-state index in [9.17, 15) is 0 Å². The van der Waals surface area contributed by atoms with Gasteiger partial charge in [0.25, 0.3) is 0 Å². The molecule has 0 amide bonds. The van der Waals surface area contributed by atoms with E-state index in [4.69, 9.17) is 4.74 Å². The molecule has 1 unspecified atom stereocenters. The minimum atomic E-state index is -0.179. The van der Waals surface area contributed by atoms with Gasteiger partial charge in [-0.25, -0.2) is 0 Å². The van der Waals surface area contributed by atoms with E-state index < -0.39 is 0 Å². The van der Waals surface area contributed by atoms with E-state index in [0.717, 1.165) is 38.5 Å². The number of anilines is 1. The smallest absolute Gasteiger partial charge is 0.128 e. The highest BCUT2D eigenvalue weighted by Gasteiger charge is 2.47. The summed E-state index contributed by atoms with van der Waals surface area (Å²) < 4.78 is 6.67. The van der Waals surface area contributed by atoms with Gasteiger partial charge in [0.1, 0.15) is 11.4 Å². The Morgan fingerprint density at radius 1 is 0.844 bits per heavy atom. The molecule has 1 atom stereocenters. The molecule has 5 rings (SSSR count).